The third-order valence-electron chi connectivity index (χ3n) is 3.85. The summed E-state index contributed by atoms with van der Waals surface area (Å²) in [5, 5.41) is 0. The van der Waals surface area contributed by atoms with Crippen LogP contribution in [0.5, 0.6) is 0 Å². The van der Waals surface area contributed by atoms with Gasteiger partial charge in [-0.05, 0) is 23.7 Å². The molecule has 0 saturated carbocycles. The van der Waals surface area contributed by atoms with E-state index < -0.39 is 0 Å². The lowest BCUT2D eigenvalue weighted by atomic mass is 9.69. The van der Waals surface area contributed by atoms with Gasteiger partial charge < -0.3 is 0 Å². The molecular formula is C14H30. The van der Waals surface area contributed by atoms with Crippen molar-refractivity contribution in [1.29, 1.82) is 0 Å². The topological polar surface area (TPSA) is 0 Å². The molecule has 86 valence electrons. The van der Waals surface area contributed by atoms with Crippen LogP contribution in [0.4, 0.5) is 0 Å². The van der Waals surface area contributed by atoms with Gasteiger partial charge >= 0.3 is 0 Å². The van der Waals surface area contributed by atoms with Gasteiger partial charge in [0.2, 0.25) is 0 Å². The molecule has 0 radical (unpaired) electrons. The molecule has 0 nitrogen and oxygen atoms in total. The van der Waals surface area contributed by atoms with Crippen molar-refractivity contribution in [2.75, 3.05) is 0 Å². The van der Waals surface area contributed by atoms with Gasteiger partial charge in [0, 0.05) is 0 Å². The molecule has 0 heteroatoms. The van der Waals surface area contributed by atoms with Gasteiger partial charge in [0.1, 0.15) is 0 Å². The van der Waals surface area contributed by atoms with Gasteiger partial charge in [0.05, 0.1) is 0 Å². The Hall–Kier alpha value is 0. The normalized spacial score (nSPS) is 16.7. The van der Waals surface area contributed by atoms with Crippen molar-refractivity contribution in [2.45, 2.75) is 80.1 Å². The lowest BCUT2D eigenvalue weighted by molar-refractivity contribution is 0.150. The highest BCUT2D eigenvalue weighted by molar-refractivity contribution is 4.80. The average molecular weight is 198 g/mol. The van der Waals surface area contributed by atoms with E-state index in [1.807, 2.05) is 0 Å². The van der Waals surface area contributed by atoms with Crippen LogP contribution in [0.3, 0.4) is 0 Å². The lowest BCUT2D eigenvalue weighted by Crippen LogP contribution is -2.24. The first-order chi connectivity index (χ1) is 6.39. The summed E-state index contributed by atoms with van der Waals surface area (Å²) in [6.45, 7) is 14.2. The molecule has 14 heavy (non-hydrogen) atoms. The molecule has 0 spiro atoms. The number of hydrogen-bond acceptors (Lipinski definition) is 0. The van der Waals surface area contributed by atoms with Crippen LogP contribution in [-0.2, 0) is 0 Å². The maximum absolute atomic E-state index is 2.47. The Labute approximate surface area is 91.5 Å². The van der Waals surface area contributed by atoms with Crippen molar-refractivity contribution in [3.05, 3.63) is 0 Å². The van der Waals surface area contributed by atoms with Crippen LogP contribution in [0.2, 0.25) is 0 Å². The summed E-state index contributed by atoms with van der Waals surface area (Å²) >= 11 is 0. The van der Waals surface area contributed by atoms with Crippen molar-refractivity contribution in [2.24, 2.45) is 10.8 Å². The summed E-state index contributed by atoms with van der Waals surface area (Å²) in [6, 6.07) is 0. The van der Waals surface area contributed by atoms with Gasteiger partial charge in [-0.15, -0.1) is 0 Å². The summed E-state index contributed by atoms with van der Waals surface area (Å²) in [5.74, 6) is 0. The van der Waals surface area contributed by atoms with Crippen LogP contribution in [-0.4, -0.2) is 0 Å². The first-order valence-electron chi connectivity index (χ1n) is 6.39. The van der Waals surface area contributed by atoms with Crippen molar-refractivity contribution in [1.82, 2.24) is 0 Å². The SMILES string of the molecule is CCCCC(C)(CC)CC(C)(C)CC. The largest absolute Gasteiger partial charge is 0.0654 e. The highest BCUT2D eigenvalue weighted by atomic mass is 14.3. The van der Waals surface area contributed by atoms with Crippen molar-refractivity contribution in [3.63, 3.8) is 0 Å². The summed E-state index contributed by atoms with van der Waals surface area (Å²) in [6.07, 6.45) is 8.15. The van der Waals surface area contributed by atoms with Gasteiger partial charge in [-0.3, -0.25) is 0 Å². The van der Waals surface area contributed by atoms with E-state index in [1.54, 1.807) is 0 Å². The number of unbranched alkanes of at least 4 members (excludes halogenated alkanes) is 1. The first-order valence-corrected chi connectivity index (χ1v) is 6.39. The van der Waals surface area contributed by atoms with Crippen molar-refractivity contribution < 1.29 is 0 Å². The first kappa shape index (κ1) is 14.0. The Morgan fingerprint density at radius 2 is 1.43 bits per heavy atom. The molecule has 0 aliphatic heterocycles. The van der Waals surface area contributed by atoms with E-state index in [1.165, 1.54) is 38.5 Å². The zero-order valence-electron chi connectivity index (χ0n) is 11.2. The monoisotopic (exact) mass is 198 g/mol. The molecule has 0 fully saturated rings. The molecule has 1 atom stereocenters. The van der Waals surface area contributed by atoms with Crippen LogP contribution < -0.4 is 0 Å². The van der Waals surface area contributed by atoms with E-state index in [4.69, 9.17) is 0 Å². The van der Waals surface area contributed by atoms with Gasteiger partial charge in [-0.1, -0.05) is 67.2 Å². The molecule has 0 amide bonds. The molecule has 1 unspecified atom stereocenters. The predicted molar refractivity (Wildman–Crippen MR) is 66.6 cm³/mol. The summed E-state index contributed by atoms with van der Waals surface area (Å²) < 4.78 is 0. The minimum Gasteiger partial charge on any atom is -0.0654 e. The Morgan fingerprint density at radius 3 is 1.79 bits per heavy atom. The van der Waals surface area contributed by atoms with E-state index in [-0.39, 0.29) is 0 Å². The third kappa shape index (κ3) is 5.02. The highest BCUT2D eigenvalue weighted by Crippen LogP contribution is 2.41. The Bertz CT molecular complexity index is 146. The molecule has 0 aliphatic rings. The second kappa shape index (κ2) is 5.78. The summed E-state index contributed by atoms with van der Waals surface area (Å²) in [4.78, 5) is 0. The molecule has 0 bridgehead atoms. The van der Waals surface area contributed by atoms with E-state index >= 15 is 0 Å². The van der Waals surface area contributed by atoms with Gasteiger partial charge in [0.25, 0.3) is 0 Å². The van der Waals surface area contributed by atoms with E-state index in [0.717, 1.165) is 0 Å². The second-order valence-corrected chi connectivity index (χ2v) is 5.96. The van der Waals surface area contributed by atoms with Crippen LogP contribution in [0, 0.1) is 10.8 Å². The maximum Gasteiger partial charge on any atom is -0.0323 e. The zero-order valence-corrected chi connectivity index (χ0v) is 11.2. The van der Waals surface area contributed by atoms with Gasteiger partial charge in [-0.25, -0.2) is 0 Å². The smallest absolute Gasteiger partial charge is 0.0323 e. The highest BCUT2D eigenvalue weighted by Gasteiger charge is 2.29. The van der Waals surface area contributed by atoms with Crippen molar-refractivity contribution in [3.8, 4) is 0 Å². The van der Waals surface area contributed by atoms with Crippen LogP contribution in [0.25, 0.3) is 0 Å². The minimum atomic E-state index is 0.526. The molecule has 0 aromatic carbocycles. The molecule has 0 aromatic heterocycles. The van der Waals surface area contributed by atoms with E-state index in [9.17, 15) is 0 Å². The van der Waals surface area contributed by atoms with Crippen molar-refractivity contribution >= 4 is 0 Å². The van der Waals surface area contributed by atoms with Crippen LogP contribution in [0.15, 0.2) is 0 Å². The van der Waals surface area contributed by atoms with E-state index in [2.05, 4.69) is 41.5 Å². The molecule has 0 saturated heterocycles. The zero-order chi connectivity index (χ0) is 11.2. The molecule has 0 N–H and O–H groups in total. The van der Waals surface area contributed by atoms with Crippen LogP contribution in [0.1, 0.15) is 80.1 Å². The second-order valence-electron chi connectivity index (χ2n) is 5.96. The molecule has 0 rings (SSSR count). The lowest BCUT2D eigenvalue weighted by Gasteiger charge is -2.36. The van der Waals surface area contributed by atoms with Crippen LogP contribution >= 0.6 is 0 Å². The Kier molecular flexibility index (Phi) is 5.78. The molecule has 0 aliphatic carbocycles. The molecular weight excluding hydrogens is 168 g/mol. The average Bonchev–Trinajstić information content (AvgIpc) is 2.14. The maximum atomic E-state index is 2.47. The quantitative estimate of drug-likeness (QED) is 0.512. The van der Waals surface area contributed by atoms with E-state index in [0.29, 0.717) is 10.8 Å². The predicted octanol–water partition coefficient (Wildman–Crippen LogP) is 5.42. The molecule has 0 aromatic rings. The standard InChI is InChI=1S/C14H30/c1-7-10-11-14(6,9-3)12-13(4,5)8-2/h7-12H2,1-6H3. The summed E-state index contributed by atoms with van der Waals surface area (Å²) in [7, 11) is 0. The fourth-order valence-electron chi connectivity index (χ4n) is 2.27. The summed E-state index contributed by atoms with van der Waals surface area (Å²) in [5.41, 5.74) is 1.11. The third-order valence-corrected chi connectivity index (χ3v) is 3.85. The fourth-order valence-corrected chi connectivity index (χ4v) is 2.27. The number of rotatable bonds is 7. The minimum absolute atomic E-state index is 0.526. The Morgan fingerprint density at radius 1 is 0.857 bits per heavy atom. The van der Waals surface area contributed by atoms with Gasteiger partial charge in [-0.2, -0.15) is 0 Å². The number of hydrogen-bond donors (Lipinski definition) is 0. The van der Waals surface area contributed by atoms with Gasteiger partial charge in [0.15, 0.2) is 0 Å². The Balaban J connectivity index is 4.23. The fraction of sp³-hybridized carbons (Fsp3) is 1.00. The molecule has 0 heterocycles.